The van der Waals surface area contributed by atoms with Crippen molar-refractivity contribution in [3.8, 4) is 0 Å². The first-order valence-corrected chi connectivity index (χ1v) is 5.38. The first kappa shape index (κ1) is 12.9. The summed E-state index contributed by atoms with van der Waals surface area (Å²) in [5, 5.41) is 8.83. The molecule has 0 heterocycles. The topological polar surface area (TPSA) is 49.5 Å². The van der Waals surface area contributed by atoms with Gasteiger partial charge in [0.05, 0.1) is 6.61 Å². The average Bonchev–Trinajstić information content (AvgIpc) is 2.14. The van der Waals surface area contributed by atoms with Crippen LogP contribution in [0.3, 0.4) is 0 Å². The highest BCUT2D eigenvalue weighted by Crippen LogP contribution is 1.97. The van der Waals surface area contributed by atoms with Gasteiger partial charge in [-0.25, -0.2) is 0 Å². The van der Waals surface area contributed by atoms with Gasteiger partial charge in [0.2, 0.25) is 0 Å². The summed E-state index contributed by atoms with van der Waals surface area (Å²) in [7, 11) is 0. The van der Waals surface area contributed by atoms with Gasteiger partial charge in [-0.15, -0.1) is 0 Å². The van der Waals surface area contributed by atoms with Crippen molar-refractivity contribution in [2.45, 2.75) is 32.6 Å². The monoisotopic (exact) mass is 188 g/mol. The largest absolute Gasteiger partial charge is 0.395 e. The second-order valence-corrected chi connectivity index (χ2v) is 3.41. The third kappa shape index (κ3) is 8.22. The molecular weight excluding hydrogens is 164 g/mol. The Labute approximate surface area is 81.9 Å². The summed E-state index contributed by atoms with van der Waals surface area (Å²) in [5.74, 6) is 0. The number of aliphatic hydroxyl groups is 1. The highest BCUT2D eigenvalue weighted by atomic mass is 16.3. The van der Waals surface area contributed by atoms with E-state index < -0.39 is 0 Å². The quantitative estimate of drug-likeness (QED) is 0.527. The summed E-state index contributed by atoms with van der Waals surface area (Å²) in [6, 6.07) is 0. The maximum atomic E-state index is 8.83. The van der Waals surface area contributed by atoms with Crippen LogP contribution in [-0.4, -0.2) is 42.8 Å². The summed E-state index contributed by atoms with van der Waals surface area (Å²) in [5.41, 5.74) is 5.42. The minimum Gasteiger partial charge on any atom is -0.395 e. The van der Waals surface area contributed by atoms with E-state index in [1.165, 1.54) is 12.8 Å². The fourth-order valence-electron chi connectivity index (χ4n) is 1.34. The van der Waals surface area contributed by atoms with Crippen LogP contribution in [0, 0.1) is 0 Å². The second kappa shape index (κ2) is 9.96. The SMILES string of the molecule is CCCCN(CCO)CCCCN. The number of hydrogen-bond acceptors (Lipinski definition) is 3. The van der Waals surface area contributed by atoms with E-state index in [2.05, 4.69) is 11.8 Å². The summed E-state index contributed by atoms with van der Waals surface area (Å²) >= 11 is 0. The van der Waals surface area contributed by atoms with E-state index in [9.17, 15) is 0 Å². The van der Waals surface area contributed by atoms with Gasteiger partial charge in [-0.3, -0.25) is 0 Å². The molecule has 0 unspecified atom stereocenters. The number of rotatable bonds is 9. The molecule has 0 spiro atoms. The molecule has 0 aliphatic carbocycles. The Morgan fingerprint density at radius 1 is 1.08 bits per heavy atom. The number of nitrogens with two attached hydrogens (primary N) is 1. The van der Waals surface area contributed by atoms with E-state index in [0.29, 0.717) is 0 Å². The van der Waals surface area contributed by atoms with Gasteiger partial charge in [0.1, 0.15) is 0 Å². The number of aliphatic hydroxyl groups excluding tert-OH is 1. The number of nitrogens with zero attached hydrogens (tertiary/aromatic N) is 1. The van der Waals surface area contributed by atoms with E-state index in [0.717, 1.165) is 39.0 Å². The minimum atomic E-state index is 0.270. The van der Waals surface area contributed by atoms with Crippen LogP contribution in [0.5, 0.6) is 0 Å². The van der Waals surface area contributed by atoms with Crippen molar-refractivity contribution in [2.24, 2.45) is 5.73 Å². The van der Waals surface area contributed by atoms with Crippen molar-refractivity contribution in [3.05, 3.63) is 0 Å². The zero-order valence-electron chi connectivity index (χ0n) is 8.84. The molecule has 0 aromatic rings. The molecule has 80 valence electrons. The molecule has 3 nitrogen and oxygen atoms in total. The van der Waals surface area contributed by atoms with Crippen LogP contribution in [-0.2, 0) is 0 Å². The lowest BCUT2D eigenvalue weighted by atomic mass is 10.2. The molecule has 0 bridgehead atoms. The van der Waals surface area contributed by atoms with Crippen LogP contribution in [0.15, 0.2) is 0 Å². The molecule has 0 aliphatic heterocycles. The van der Waals surface area contributed by atoms with Crippen molar-refractivity contribution in [1.29, 1.82) is 0 Å². The Bertz CT molecular complexity index is 98.9. The fourth-order valence-corrected chi connectivity index (χ4v) is 1.34. The molecule has 0 saturated heterocycles. The highest BCUT2D eigenvalue weighted by Gasteiger charge is 2.01. The highest BCUT2D eigenvalue weighted by molar-refractivity contribution is 4.57. The molecule has 0 saturated carbocycles. The third-order valence-corrected chi connectivity index (χ3v) is 2.17. The minimum absolute atomic E-state index is 0.270. The van der Waals surface area contributed by atoms with Gasteiger partial charge in [-0.05, 0) is 38.9 Å². The molecule has 0 aliphatic rings. The molecule has 13 heavy (non-hydrogen) atoms. The van der Waals surface area contributed by atoms with Crippen molar-refractivity contribution in [1.82, 2.24) is 4.90 Å². The van der Waals surface area contributed by atoms with E-state index in [1.807, 2.05) is 0 Å². The van der Waals surface area contributed by atoms with Gasteiger partial charge < -0.3 is 15.7 Å². The van der Waals surface area contributed by atoms with Crippen LogP contribution < -0.4 is 5.73 Å². The zero-order chi connectivity index (χ0) is 9.94. The predicted octanol–water partition coefficient (Wildman–Crippen LogP) is 0.820. The van der Waals surface area contributed by atoms with Crippen molar-refractivity contribution < 1.29 is 5.11 Å². The summed E-state index contributed by atoms with van der Waals surface area (Å²) in [6.07, 6.45) is 4.69. The first-order chi connectivity index (χ1) is 6.35. The molecule has 0 atom stereocenters. The summed E-state index contributed by atoms with van der Waals surface area (Å²) < 4.78 is 0. The lowest BCUT2D eigenvalue weighted by Crippen LogP contribution is -2.29. The maximum Gasteiger partial charge on any atom is 0.0558 e. The Kier molecular flexibility index (Phi) is 9.87. The van der Waals surface area contributed by atoms with Crippen molar-refractivity contribution >= 4 is 0 Å². The smallest absolute Gasteiger partial charge is 0.0558 e. The Morgan fingerprint density at radius 2 is 1.77 bits per heavy atom. The maximum absolute atomic E-state index is 8.83. The molecule has 0 rings (SSSR count). The number of hydrogen-bond donors (Lipinski definition) is 2. The van der Waals surface area contributed by atoms with Crippen LogP contribution in [0.4, 0.5) is 0 Å². The number of unbranched alkanes of at least 4 members (excludes halogenated alkanes) is 2. The lowest BCUT2D eigenvalue weighted by molar-refractivity contribution is 0.192. The molecule has 0 aromatic heterocycles. The second-order valence-electron chi connectivity index (χ2n) is 3.41. The molecular formula is C10H24N2O. The zero-order valence-corrected chi connectivity index (χ0v) is 8.84. The predicted molar refractivity (Wildman–Crippen MR) is 56.7 cm³/mol. The van der Waals surface area contributed by atoms with Gasteiger partial charge in [0.25, 0.3) is 0 Å². The average molecular weight is 188 g/mol. The Hall–Kier alpha value is -0.120. The fraction of sp³-hybridized carbons (Fsp3) is 1.00. The molecule has 3 heteroatoms. The van der Waals surface area contributed by atoms with Crippen LogP contribution in [0.2, 0.25) is 0 Å². The van der Waals surface area contributed by atoms with Gasteiger partial charge in [0, 0.05) is 6.54 Å². The Morgan fingerprint density at radius 3 is 2.31 bits per heavy atom. The van der Waals surface area contributed by atoms with Gasteiger partial charge in [-0.2, -0.15) is 0 Å². The van der Waals surface area contributed by atoms with E-state index in [-0.39, 0.29) is 6.61 Å². The normalized spacial score (nSPS) is 11.1. The third-order valence-electron chi connectivity index (χ3n) is 2.17. The van der Waals surface area contributed by atoms with Gasteiger partial charge >= 0.3 is 0 Å². The summed E-state index contributed by atoms with van der Waals surface area (Å²) in [4.78, 5) is 2.32. The standard InChI is InChI=1S/C10H24N2O/c1-2-3-7-12(9-10-13)8-5-4-6-11/h13H,2-11H2,1H3. The van der Waals surface area contributed by atoms with Crippen LogP contribution in [0.1, 0.15) is 32.6 Å². The van der Waals surface area contributed by atoms with Gasteiger partial charge in [0.15, 0.2) is 0 Å². The van der Waals surface area contributed by atoms with E-state index in [1.54, 1.807) is 0 Å². The van der Waals surface area contributed by atoms with Crippen LogP contribution >= 0.6 is 0 Å². The molecule has 0 radical (unpaired) electrons. The Balaban J connectivity index is 3.41. The lowest BCUT2D eigenvalue weighted by Gasteiger charge is -2.20. The van der Waals surface area contributed by atoms with Crippen LogP contribution in [0.25, 0.3) is 0 Å². The molecule has 0 aromatic carbocycles. The van der Waals surface area contributed by atoms with Gasteiger partial charge in [-0.1, -0.05) is 13.3 Å². The van der Waals surface area contributed by atoms with Crippen molar-refractivity contribution in [3.63, 3.8) is 0 Å². The molecule has 0 fully saturated rings. The molecule has 3 N–H and O–H groups in total. The van der Waals surface area contributed by atoms with E-state index >= 15 is 0 Å². The van der Waals surface area contributed by atoms with Crippen molar-refractivity contribution in [2.75, 3.05) is 32.8 Å². The summed E-state index contributed by atoms with van der Waals surface area (Å²) in [6.45, 7) is 6.24. The first-order valence-electron chi connectivity index (χ1n) is 5.38. The molecule has 0 amide bonds. The van der Waals surface area contributed by atoms with E-state index in [4.69, 9.17) is 10.8 Å².